The Labute approximate surface area is 181 Å². The molecule has 0 bridgehead atoms. The van der Waals surface area contributed by atoms with Gasteiger partial charge in [-0.25, -0.2) is 4.79 Å². The summed E-state index contributed by atoms with van der Waals surface area (Å²) in [6, 6.07) is 9.89. The number of rotatable bonds is 5. The fourth-order valence-electron chi connectivity index (χ4n) is 4.10. The van der Waals surface area contributed by atoms with Crippen molar-refractivity contribution in [2.75, 3.05) is 44.8 Å². The van der Waals surface area contributed by atoms with Crippen LogP contribution < -0.4 is 9.64 Å². The maximum Gasteiger partial charge on any atom is 0.348 e. The van der Waals surface area contributed by atoms with Crippen LogP contribution in [-0.4, -0.2) is 56.7 Å². The normalized spacial score (nSPS) is 18.7. The summed E-state index contributed by atoms with van der Waals surface area (Å²) in [6.45, 7) is 4.79. The highest BCUT2D eigenvalue weighted by atomic mass is 32.1. The number of methoxy groups -OCH3 is 1. The molecule has 2 aromatic rings. The number of carbonyl (C=O) groups is 2. The highest BCUT2D eigenvalue weighted by molar-refractivity contribution is 7.14. The lowest BCUT2D eigenvalue weighted by molar-refractivity contribution is -0.134. The minimum absolute atomic E-state index is 0.132. The van der Waals surface area contributed by atoms with Gasteiger partial charge in [-0.1, -0.05) is 6.92 Å². The van der Waals surface area contributed by atoms with Gasteiger partial charge in [-0.15, -0.1) is 11.3 Å². The third-order valence-electron chi connectivity index (χ3n) is 5.93. The van der Waals surface area contributed by atoms with Crippen LogP contribution in [0.1, 0.15) is 33.5 Å². The second-order valence-corrected chi connectivity index (χ2v) is 9.19. The minimum Gasteiger partial charge on any atom is -0.497 e. The van der Waals surface area contributed by atoms with Crippen molar-refractivity contribution in [2.45, 2.75) is 26.2 Å². The zero-order chi connectivity index (χ0) is 21.1. The monoisotopic (exact) mass is 428 g/mol. The summed E-state index contributed by atoms with van der Waals surface area (Å²) in [6.07, 6.45) is 3.23. The predicted molar refractivity (Wildman–Crippen MR) is 118 cm³/mol. The summed E-state index contributed by atoms with van der Waals surface area (Å²) < 4.78 is 10.5. The molecule has 4 rings (SSSR count). The second kappa shape index (κ2) is 9.08. The lowest BCUT2D eigenvalue weighted by Gasteiger charge is -2.36. The van der Waals surface area contributed by atoms with Gasteiger partial charge >= 0.3 is 5.97 Å². The SMILES string of the molecule is COc1ccc(N2CCN(C(=O)COC(=O)c3cc4c(s3)CCC(C)C4)CC2)cc1. The van der Waals surface area contributed by atoms with E-state index in [-0.39, 0.29) is 18.5 Å². The maximum absolute atomic E-state index is 12.5. The molecule has 1 aromatic carbocycles. The van der Waals surface area contributed by atoms with Crippen LogP contribution in [0.4, 0.5) is 5.69 Å². The van der Waals surface area contributed by atoms with Crippen LogP contribution >= 0.6 is 11.3 Å². The Kier molecular flexibility index (Phi) is 6.27. The molecule has 1 aliphatic carbocycles. The molecule has 0 spiro atoms. The first-order chi connectivity index (χ1) is 14.5. The Morgan fingerprint density at radius 2 is 1.87 bits per heavy atom. The molecule has 1 unspecified atom stereocenters. The van der Waals surface area contributed by atoms with Crippen LogP contribution in [-0.2, 0) is 22.4 Å². The molecule has 1 saturated heterocycles. The van der Waals surface area contributed by atoms with Crippen molar-refractivity contribution in [1.82, 2.24) is 4.90 Å². The number of fused-ring (bicyclic) bond motifs is 1. The van der Waals surface area contributed by atoms with Crippen LogP contribution in [0.15, 0.2) is 30.3 Å². The molecule has 1 atom stereocenters. The van der Waals surface area contributed by atoms with E-state index in [0.717, 1.165) is 37.4 Å². The van der Waals surface area contributed by atoms with Crippen LogP contribution in [0.25, 0.3) is 0 Å². The number of amides is 1. The summed E-state index contributed by atoms with van der Waals surface area (Å²) in [5, 5.41) is 0. The fourth-order valence-corrected chi connectivity index (χ4v) is 5.21. The van der Waals surface area contributed by atoms with Gasteiger partial charge in [0.05, 0.1) is 7.11 Å². The third-order valence-corrected chi connectivity index (χ3v) is 7.14. The lowest BCUT2D eigenvalue weighted by atomic mass is 9.90. The lowest BCUT2D eigenvalue weighted by Crippen LogP contribution is -2.49. The molecule has 2 aliphatic rings. The van der Waals surface area contributed by atoms with Crippen molar-refractivity contribution in [2.24, 2.45) is 5.92 Å². The number of thiophene rings is 1. The number of benzene rings is 1. The smallest absolute Gasteiger partial charge is 0.348 e. The maximum atomic E-state index is 12.5. The van der Waals surface area contributed by atoms with Gasteiger partial charge in [0, 0.05) is 36.7 Å². The van der Waals surface area contributed by atoms with Crippen molar-refractivity contribution < 1.29 is 19.1 Å². The molecular formula is C23H28N2O4S. The van der Waals surface area contributed by atoms with E-state index in [4.69, 9.17) is 9.47 Å². The van der Waals surface area contributed by atoms with Gasteiger partial charge in [0.15, 0.2) is 6.61 Å². The average Bonchev–Trinajstić information content (AvgIpc) is 3.21. The van der Waals surface area contributed by atoms with Gasteiger partial charge in [-0.05, 0) is 61.1 Å². The Bertz CT molecular complexity index is 900. The van der Waals surface area contributed by atoms with Gasteiger partial charge < -0.3 is 19.3 Å². The summed E-state index contributed by atoms with van der Waals surface area (Å²) >= 11 is 1.52. The molecule has 160 valence electrons. The summed E-state index contributed by atoms with van der Waals surface area (Å²) in [7, 11) is 1.65. The molecule has 0 radical (unpaired) electrons. The molecule has 0 N–H and O–H groups in total. The zero-order valence-electron chi connectivity index (χ0n) is 17.6. The third kappa shape index (κ3) is 4.61. The topological polar surface area (TPSA) is 59.1 Å². The number of hydrogen-bond acceptors (Lipinski definition) is 6. The van der Waals surface area contributed by atoms with E-state index in [1.807, 2.05) is 30.3 Å². The highest BCUT2D eigenvalue weighted by Crippen LogP contribution is 2.32. The first kappa shape index (κ1) is 20.7. The number of anilines is 1. The summed E-state index contributed by atoms with van der Waals surface area (Å²) in [5.41, 5.74) is 2.39. The van der Waals surface area contributed by atoms with Gasteiger partial charge in [0.25, 0.3) is 5.91 Å². The Balaban J connectivity index is 1.25. The highest BCUT2D eigenvalue weighted by Gasteiger charge is 2.24. The van der Waals surface area contributed by atoms with E-state index in [1.165, 1.54) is 28.2 Å². The van der Waals surface area contributed by atoms with E-state index >= 15 is 0 Å². The molecule has 1 aliphatic heterocycles. The summed E-state index contributed by atoms with van der Waals surface area (Å²) in [4.78, 5) is 30.9. The number of carbonyl (C=O) groups excluding carboxylic acids is 2. The first-order valence-corrected chi connectivity index (χ1v) is 11.3. The second-order valence-electron chi connectivity index (χ2n) is 8.05. The summed E-state index contributed by atoms with van der Waals surface area (Å²) in [5.74, 6) is 0.976. The van der Waals surface area contributed by atoms with Crippen molar-refractivity contribution in [1.29, 1.82) is 0 Å². The van der Waals surface area contributed by atoms with Crippen molar-refractivity contribution in [3.63, 3.8) is 0 Å². The van der Waals surface area contributed by atoms with Crippen LogP contribution in [0.2, 0.25) is 0 Å². The van der Waals surface area contributed by atoms with Crippen molar-refractivity contribution in [3.8, 4) is 5.75 Å². The van der Waals surface area contributed by atoms with Crippen LogP contribution in [0.5, 0.6) is 5.75 Å². The number of hydrogen-bond donors (Lipinski definition) is 0. The predicted octanol–water partition coefficient (Wildman–Crippen LogP) is 3.39. The minimum atomic E-state index is -0.382. The van der Waals surface area contributed by atoms with Crippen molar-refractivity contribution >= 4 is 28.9 Å². The number of esters is 1. The first-order valence-electron chi connectivity index (χ1n) is 10.5. The molecule has 2 heterocycles. The standard InChI is InChI=1S/C23H28N2O4S/c1-16-3-8-20-17(13-16)14-21(30-20)23(27)29-15-22(26)25-11-9-24(10-12-25)18-4-6-19(28-2)7-5-18/h4-7,14,16H,3,8-13,15H2,1-2H3. The van der Waals surface area contributed by atoms with E-state index in [0.29, 0.717) is 23.9 Å². The van der Waals surface area contributed by atoms with Gasteiger partial charge in [-0.3, -0.25) is 4.79 Å². The quantitative estimate of drug-likeness (QED) is 0.684. The zero-order valence-corrected chi connectivity index (χ0v) is 18.4. The Hall–Kier alpha value is -2.54. The van der Waals surface area contributed by atoms with Crippen LogP contribution in [0.3, 0.4) is 0 Å². The molecule has 6 nitrogen and oxygen atoms in total. The van der Waals surface area contributed by atoms with Crippen molar-refractivity contribution in [3.05, 3.63) is 45.6 Å². The Morgan fingerprint density at radius 1 is 1.13 bits per heavy atom. The van der Waals surface area contributed by atoms with Crippen LogP contribution in [0, 0.1) is 5.92 Å². The van der Waals surface area contributed by atoms with Gasteiger partial charge in [-0.2, -0.15) is 0 Å². The van der Waals surface area contributed by atoms with E-state index in [1.54, 1.807) is 12.0 Å². The number of piperazine rings is 1. The molecular weight excluding hydrogens is 400 g/mol. The molecule has 1 amide bonds. The number of ether oxygens (including phenoxy) is 2. The molecule has 1 aromatic heterocycles. The average molecular weight is 429 g/mol. The van der Waals surface area contributed by atoms with E-state index in [2.05, 4.69) is 11.8 Å². The van der Waals surface area contributed by atoms with E-state index in [9.17, 15) is 9.59 Å². The number of nitrogens with zero attached hydrogens (tertiary/aromatic N) is 2. The molecule has 7 heteroatoms. The Morgan fingerprint density at radius 3 is 2.57 bits per heavy atom. The molecule has 1 fully saturated rings. The molecule has 0 saturated carbocycles. The van der Waals surface area contributed by atoms with E-state index < -0.39 is 0 Å². The molecule has 30 heavy (non-hydrogen) atoms. The van der Waals surface area contributed by atoms with Gasteiger partial charge in [0.2, 0.25) is 0 Å². The largest absolute Gasteiger partial charge is 0.497 e. The number of aryl methyl sites for hydroxylation is 1. The fraction of sp³-hybridized carbons (Fsp3) is 0.478. The van der Waals surface area contributed by atoms with Gasteiger partial charge in [0.1, 0.15) is 10.6 Å².